The normalized spacial score (nSPS) is 17.0. The lowest BCUT2D eigenvalue weighted by molar-refractivity contribution is 0.587. The van der Waals surface area contributed by atoms with Crippen molar-refractivity contribution in [2.24, 2.45) is 5.92 Å². The summed E-state index contributed by atoms with van der Waals surface area (Å²) in [4.78, 5) is 7.52. The highest BCUT2D eigenvalue weighted by molar-refractivity contribution is 6.30. The summed E-state index contributed by atoms with van der Waals surface area (Å²) in [6.07, 6.45) is 7.39. The van der Waals surface area contributed by atoms with Gasteiger partial charge in [0, 0.05) is 23.8 Å². The molecule has 1 saturated carbocycles. The molecule has 88 valence electrons. The molecule has 0 aliphatic heterocycles. The number of benzene rings is 1. The van der Waals surface area contributed by atoms with E-state index in [-0.39, 0.29) is 0 Å². The van der Waals surface area contributed by atoms with Crippen LogP contribution in [0.25, 0.3) is 0 Å². The number of rotatable bonds is 4. The van der Waals surface area contributed by atoms with Crippen molar-refractivity contribution in [1.29, 1.82) is 0 Å². The Balaban J connectivity index is 1.82. The van der Waals surface area contributed by atoms with E-state index in [1.54, 1.807) is 0 Å². The highest BCUT2D eigenvalue weighted by Gasteiger charge is 2.32. The molecular weight excluding hydrogens is 232 g/mol. The zero-order valence-corrected chi connectivity index (χ0v) is 10.3. The first kappa shape index (κ1) is 10.8. The minimum atomic E-state index is 0.582. The minimum absolute atomic E-state index is 0.582. The summed E-state index contributed by atoms with van der Waals surface area (Å²) in [6, 6.07) is 8.26. The van der Waals surface area contributed by atoms with Gasteiger partial charge in [-0.3, -0.25) is 0 Å². The molecule has 3 heteroatoms. The van der Waals surface area contributed by atoms with E-state index in [2.05, 4.69) is 22.1 Å². The van der Waals surface area contributed by atoms with E-state index in [4.69, 9.17) is 11.6 Å². The zero-order chi connectivity index (χ0) is 11.7. The van der Waals surface area contributed by atoms with Crippen LogP contribution >= 0.6 is 11.6 Å². The van der Waals surface area contributed by atoms with Crippen molar-refractivity contribution in [2.45, 2.75) is 25.2 Å². The maximum absolute atomic E-state index is 5.94. The predicted octanol–water partition coefficient (Wildman–Crippen LogP) is 3.80. The van der Waals surface area contributed by atoms with Crippen molar-refractivity contribution >= 4 is 11.6 Å². The van der Waals surface area contributed by atoms with Gasteiger partial charge in [-0.1, -0.05) is 23.7 Å². The van der Waals surface area contributed by atoms with Crippen LogP contribution < -0.4 is 0 Å². The van der Waals surface area contributed by atoms with Gasteiger partial charge in [0.1, 0.15) is 5.82 Å². The molecule has 1 aromatic heterocycles. The van der Waals surface area contributed by atoms with Crippen molar-refractivity contribution in [2.75, 3.05) is 0 Å². The fourth-order valence-electron chi connectivity index (χ4n) is 2.38. The summed E-state index contributed by atoms with van der Waals surface area (Å²) in [5.74, 6) is 2.48. The Kier molecular flexibility index (Phi) is 2.89. The second kappa shape index (κ2) is 4.53. The molecule has 3 rings (SSSR count). The molecule has 2 aromatic rings. The number of nitrogens with one attached hydrogen (secondary N) is 1. The SMILES string of the molecule is Clc1ccc(C(Cc2ncc[nH]2)C2CC2)cc1. The van der Waals surface area contributed by atoms with E-state index in [0.29, 0.717) is 5.92 Å². The number of H-pyrrole nitrogens is 1. The van der Waals surface area contributed by atoms with Crippen molar-refractivity contribution in [1.82, 2.24) is 9.97 Å². The number of aromatic nitrogens is 2. The Morgan fingerprint density at radius 1 is 1.29 bits per heavy atom. The molecule has 1 aliphatic carbocycles. The molecule has 0 bridgehead atoms. The molecule has 2 nitrogen and oxygen atoms in total. The Bertz CT molecular complexity index is 471. The van der Waals surface area contributed by atoms with Gasteiger partial charge in [-0.2, -0.15) is 0 Å². The quantitative estimate of drug-likeness (QED) is 0.874. The Labute approximate surface area is 106 Å². The van der Waals surface area contributed by atoms with Gasteiger partial charge >= 0.3 is 0 Å². The second-order valence-electron chi connectivity index (χ2n) is 4.74. The molecule has 1 atom stereocenters. The Morgan fingerprint density at radius 3 is 2.65 bits per heavy atom. The Hall–Kier alpha value is -1.28. The fraction of sp³-hybridized carbons (Fsp3) is 0.357. The zero-order valence-electron chi connectivity index (χ0n) is 9.57. The van der Waals surface area contributed by atoms with Crippen LogP contribution in [-0.4, -0.2) is 9.97 Å². The van der Waals surface area contributed by atoms with Crippen LogP contribution in [0.1, 0.15) is 30.1 Å². The number of nitrogens with zero attached hydrogens (tertiary/aromatic N) is 1. The van der Waals surface area contributed by atoms with Gasteiger partial charge < -0.3 is 4.98 Å². The number of hydrogen-bond acceptors (Lipinski definition) is 1. The average Bonchev–Trinajstić information content (AvgIpc) is 3.05. The van der Waals surface area contributed by atoms with Crippen LogP contribution in [0.4, 0.5) is 0 Å². The molecule has 0 radical (unpaired) electrons. The Morgan fingerprint density at radius 2 is 2.06 bits per heavy atom. The lowest BCUT2D eigenvalue weighted by atomic mass is 9.91. The average molecular weight is 247 g/mol. The van der Waals surface area contributed by atoms with Crippen molar-refractivity contribution in [3.8, 4) is 0 Å². The number of hydrogen-bond donors (Lipinski definition) is 1. The van der Waals surface area contributed by atoms with Crippen molar-refractivity contribution in [3.05, 3.63) is 53.1 Å². The molecule has 1 unspecified atom stereocenters. The summed E-state index contributed by atoms with van der Waals surface area (Å²) in [6.45, 7) is 0. The van der Waals surface area contributed by atoms with Gasteiger partial charge in [-0.05, 0) is 42.4 Å². The fourth-order valence-corrected chi connectivity index (χ4v) is 2.51. The maximum Gasteiger partial charge on any atom is 0.106 e. The smallest absolute Gasteiger partial charge is 0.106 e. The summed E-state index contributed by atoms with van der Waals surface area (Å²) in [5.41, 5.74) is 1.38. The molecular formula is C14H15ClN2. The lowest BCUT2D eigenvalue weighted by Gasteiger charge is -2.15. The van der Waals surface area contributed by atoms with Gasteiger partial charge in [-0.25, -0.2) is 4.98 Å². The highest BCUT2D eigenvalue weighted by atomic mass is 35.5. The maximum atomic E-state index is 5.94. The third-order valence-electron chi connectivity index (χ3n) is 3.46. The summed E-state index contributed by atoms with van der Waals surface area (Å²) in [5, 5.41) is 0.807. The lowest BCUT2D eigenvalue weighted by Crippen LogP contribution is -2.06. The molecule has 1 aliphatic rings. The van der Waals surface area contributed by atoms with Gasteiger partial charge in [-0.15, -0.1) is 0 Å². The van der Waals surface area contributed by atoms with Crippen molar-refractivity contribution < 1.29 is 0 Å². The van der Waals surface area contributed by atoms with E-state index < -0.39 is 0 Å². The summed E-state index contributed by atoms with van der Waals surface area (Å²) < 4.78 is 0. The third-order valence-corrected chi connectivity index (χ3v) is 3.71. The molecule has 1 N–H and O–H groups in total. The first-order valence-electron chi connectivity index (χ1n) is 6.06. The van der Waals surface area contributed by atoms with Crippen LogP contribution in [0.15, 0.2) is 36.7 Å². The molecule has 17 heavy (non-hydrogen) atoms. The van der Waals surface area contributed by atoms with Crippen LogP contribution in [0.5, 0.6) is 0 Å². The van der Waals surface area contributed by atoms with Crippen molar-refractivity contribution in [3.63, 3.8) is 0 Å². The van der Waals surface area contributed by atoms with Crippen LogP contribution in [-0.2, 0) is 6.42 Å². The van der Waals surface area contributed by atoms with Gasteiger partial charge in [0.2, 0.25) is 0 Å². The minimum Gasteiger partial charge on any atom is -0.349 e. The predicted molar refractivity (Wildman–Crippen MR) is 69.2 cm³/mol. The van der Waals surface area contributed by atoms with E-state index >= 15 is 0 Å². The second-order valence-corrected chi connectivity index (χ2v) is 5.17. The van der Waals surface area contributed by atoms with E-state index in [1.165, 1.54) is 18.4 Å². The highest BCUT2D eigenvalue weighted by Crippen LogP contribution is 2.44. The molecule has 0 spiro atoms. The summed E-state index contributed by atoms with van der Waals surface area (Å²) in [7, 11) is 0. The number of imidazole rings is 1. The van der Waals surface area contributed by atoms with Crippen LogP contribution in [0, 0.1) is 5.92 Å². The largest absolute Gasteiger partial charge is 0.349 e. The van der Waals surface area contributed by atoms with Crippen LogP contribution in [0.2, 0.25) is 5.02 Å². The molecule has 1 heterocycles. The van der Waals surface area contributed by atoms with E-state index in [9.17, 15) is 0 Å². The monoisotopic (exact) mass is 246 g/mol. The standard InChI is InChI=1S/C14H15ClN2/c15-12-5-3-11(4-6-12)13(10-1-2-10)9-14-16-7-8-17-14/h3-8,10,13H,1-2,9H2,(H,16,17). The van der Waals surface area contributed by atoms with Gasteiger partial charge in [0.05, 0.1) is 0 Å². The topological polar surface area (TPSA) is 28.7 Å². The van der Waals surface area contributed by atoms with E-state index in [1.807, 2.05) is 24.5 Å². The summed E-state index contributed by atoms with van der Waals surface area (Å²) >= 11 is 5.94. The molecule has 0 saturated heterocycles. The van der Waals surface area contributed by atoms with Gasteiger partial charge in [0.25, 0.3) is 0 Å². The third kappa shape index (κ3) is 2.52. The first-order valence-corrected chi connectivity index (χ1v) is 6.44. The number of halogens is 1. The first-order chi connectivity index (χ1) is 8.33. The molecule has 1 fully saturated rings. The van der Waals surface area contributed by atoms with Gasteiger partial charge in [0.15, 0.2) is 0 Å². The van der Waals surface area contributed by atoms with Crippen LogP contribution in [0.3, 0.4) is 0 Å². The van der Waals surface area contributed by atoms with E-state index in [0.717, 1.165) is 23.2 Å². The number of aromatic amines is 1. The molecule has 0 amide bonds. The molecule has 1 aromatic carbocycles.